The zero-order chi connectivity index (χ0) is 22.6. The minimum Gasteiger partial charge on any atom is -0.369 e. The van der Waals surface area contributed by atoms with Gasteiger partial charge in [0.15, 0.2) is 0 Å². The van der Waals surface area contributed by atoms with Crippen LogP contribution in [0.3, 0.4) is 0 Å². The van der Waals surface area contributed by atoms with E-state index in [1.807, 2.05) is 18.2 Å². The fraction of sp³-hybridized carbons (Fsp3) is 0.480. The molecule has 5 N–H and O–H groups in total. The van der Waals surface area contributed by atoms with E-state index in [9.17, 15) is 4.79 Å². The molecule has 0 saturated carbocycles. The molecule has 3 heterocycles. The highest BCUT2D eigenvalue weighted by Gasteiger charge is 2.43. The van der Waals surface area contributed by atoms with Crippen LogP contribution >= 0.6 is 0 Å². The van der Waals surface area contributed by atoms with Crippen molar-refractivity contribution in [1.82, 2.24) is 31.3 Å². The van der Waals surface area contributed by atoms with E-state index in [2.05, 4.69) is 79.9 Å². The molecule has 176 valence electrons. The first-order valence-corrected chi connectivity index (χ1v) is 12.1. The molecular weight excluding hydrogens is 414 g/mol. The molecule has 0 radical (unpaired) electrons. The van der Waals surface area contributed by atoms with Crippen LogP contribution in [0.15, 0.2) is 54.6 Å². The number of fused-ring (bicyclic) bond motifs is 1. The fourth-order valence-corrected chi connectivity index (χ4v) is 5.11. The van der Waals surface area contributed by atoms with Crippen molar-refractivity contribution < 1.29 is 4.79 Å². The number of likely N-dealkylation sites (N-methyl/N-ethyl adjacent to an activating group) is 1. The van der Waals surface area contributed by atoms with Gasteiger partial charge in [-0.25, -0.2) is 5.43 Å². The molecule has 2 aromatic carbocycles. The first-order valence-electron chi connectivity index (χ1n) is 12.1. The molecule has 4 atom stereocenters. The van der Waals surface area contributed by atoms with E-state index in [1.165, 1.54) is 5.56 Å². The van der Waals surface area contributed by atoms with Crippen LogP contribution in [0.2, 0.25) is 0 Å². The molecule has 3 aliphatic rings. The third-order valence-electron chi connectivity index (χ3n) is 7.08. The Morgan fingerprint density at radius 1 is 0.939 bits per heavy atom. The van der Waals surface area contributed by atoms with Crippen LogP contribution in [0.1, 0.15) is 24.2 Å². The summed E-state index contributed by atoms with van der Waals surface area (Å²) < 4.78 is 0. The Balaban J connectivity index is 1.25. The molecule has 3 saturated heterocycles. The molecule has 5 rings (SSSR count). The molecule has 0 aromatic heterocycles. The average molecular weight is 450 g/mol. The Bertz CT molecular complexity index is 914. The van der Waals surface area contributed by atoms with Crippen LogP contribution in [0.4, 0.5) is 5.69 Å². The number of amides is 1. The van der Waals surface area contributed by atoms with Crippen molar-refractivity contribution >= 4 is 11.6 Å². The molecule has 0 aliphatic carbocycles. The standard InChI is InChI=1S/C25H35N7O/c1-2-31-12-14-32(15-13-31)17-18-8-10-20(11-9-18)27-24-22-21(16-26-30-25(22)33)28-23(29-24)19-6-4-3-5-7-19/h3-11,21-24,26-29H,2,12-17H2,1H3,(H,30,33). The smallest absolute Gasteiger partial charge is 0.242 e. The third-order valence-corrected chi connectivity index (χ3v) is 7.08. The largest absolute Gasteiger partial charge is 0.369 e. The highest BCUT2D eigenvalue weighted by molar-refractivity contribution is 5.81. The maximum absolute atomic E-state index is 12.7. The van der Waals surface area contributed by atoms with Gasteiger partial charge in [-0.1, -0.05) is 49.4 Å². The summed E-state index contributed by atoms with van der Waals surface area (Å²) in [4.78, 5) is 17.7. The lowest BCUT2D eigenvalue weighted by atomic mass is 9.89. The summed E-state index contributed by atoms with van der Waals surface area (Å²) >= 11 is 0. The minimum absolute atomic E-state index is 0.00176. The van der Waals surface area contributed by atoms with Crippen LogP contribution in [-0.4, -0.2) is 67.2 Å². The van der Waals surface area contributed by atoms with Gasteiger partial charge in [-0.2, -0.15) is 0 Å². The Hall–Kier alpha value is -2.49. The molecule has 3 aliphatic heterocycles. The van der Waals surface area contributed by atoms with Gasteiger partial charge in [0.25, 0.3) is 0 Å². The molecule has 2 aromatic rings. The van der Waals surface area contributed by atoms with E-state index in [-0.39, 0.29) is 30.2 Å². The Morgan fingerprint density at radius 2 is 1.67 bits per heavy atom. The quantitative estimate of drug-likeness (QED) is 0.451. The maximum Gasteiger partial charge on any atom is 0.242 e. The van der Waals surface area contributed by atoms with E-state index < -0.39 is 0 Å². The van der Waals surface area contributed by atoms with Crippen LogP contribution in [0.25, 0.3) is 0 Å². The van der Waals surface area contributed by atoms with Gasteiger partial charge in [-0.3, -0.25) is 25.8 Å². The number of hydrogen-bond acceptors (Lipinski definition) is 7. The number of hydrazine groups is 1. The van der Waals surface area contributed by atoms with Gasteiger partial charge in [0, 0.05) is 51.0 Å². The second-order valence-corrected chi connectivity index (χ2v) is 9.21. The lowest BCUT2D eigenvalue weighted by molar-refractivity contribution is -0.131. The van der Waals surface area contributed by atoms with Gasteiger partial charge in [0.1, 0.15) is 0 Å². The molecular formula is C25H35N7O. The number of carbonyl (C=O) groups is 1. The number of nitrogens with zero attached hydrogens (tertiary/aromatic N) is 2. The van der Waals surface area contributed by atoms with Crippen LogP contribution in [0, 0.1) is 5.92 Å². The number of anilines is 1. The van der Waals surface area contributed by atoms with Gasteiger partial charge < -0.3 is 10.2 Å². The van der Waals surface area contributed by atoms with E-state index in [1.54, 1.807) is 0 Å². The first-order chi connectivity index (χ1) is 16.2. The predicted octanol–water partition coefficient (Wildman–Crippen LogP) is 1.07. The van der Waals surface area contributed by atoms with E-state index in [4.69, 9.17) is 0 Å². The number of nitrogens with one attached hydrogen (secondary N) is 5. The highest BCUT2D eigenvalue weighted by atomic mass is 16.2. The second kappa shape index (κ2) is 10.2. The lowest BCUT2D eigenvalue weighted by Gasteiger charge is -2.46. The van der Waals surface area contributed by atoms with E-state index in [0.29, 0.717) is 6.54 Å². The summed E-state index contributed by atoms with van der Waals surface area (Å²) in [7, 11) is 0. The Morgan fingerprint density at radius 3 is 2.39 bits per heavy atom. The summed E-state index contributed by atoms with van der Waals surface area (Å²) in [6.07, 6.45) is -0.213. The van der Waals surface area contributed by atoms with Gasteiger partial charge in [-0.05, 0) is 29.8 Å². The van der Waals surface area contributed by atoms with Gasteiger partial charge in [-0.15, -0.1) is 0 Å². The van der Waals surface area contributed by atoms with Gasteiger partial charge in [0.2, 0.25) is 5.91 Å². The highest BCUT2D eigenvalue weighted by Crippen LogP contribution is 2.26. The molecule has 8 nitrogen and oxygen atoms in total. The van der Waals surface area contributed by atoms with Crippen molar-refractivity contribution in [2.75, 3.05) is 44.6 Å². The van der Waals surface area contributed by atoms with Crippen molar-refractivity contribution in [2.24, 2.45) is 5.92 Å². The van der Waals surface area contributed by atoms with Crippen LogP contribution < -0.4 is 26.8 Å². The number of benzene rings is 2. The molecule has 0 bridgehead atoms. The number of rotatable bonds is 6. The lowest BCUT2D eigenvalue weighted by Crippen LogP contribution is -2.71. The Kier molecular flexibility index (Phi) is 6.89. The normalized spacial score (nSPS) is 28.7. The summed E-state index contributed by atoms with van der Waals surface area (Å²) in [6, 6.07) is 19.0. The number of piperazine rings is 1. The molecule has 33 heavy (non-hydrogen) atoms. The monoisotopic (exact) mass is 449 g/mol. The van der Waals surface area contributed by atoms with Gasteiger partial charge >= 0.3 is 0 Å². The maximum atomic E-state index is 12.7. The Labute approximate surface area is 196 Å². The summed E-state index contributed by atoms with van der Waals surface area (Å²) in [6.45, 7) is 9.59. The third kappa shape index (κ3) is 5.20. The topological polar surface area (TPSA) is 83.7 Å². The number of hydrogen-bond donors (Lipinski definition) is 5. The van der Waals surface area contributed by atoms with Gasteiger partial charge in [0.05, 0.1) is 18.2 Å². The summed E-state index contributed by atoms with van der Waals surface area (Å²) in [5.74, 6) is -0.223. The minimum atomic E-state index is -0.222. The van der Waals surface area contributed by atoms with Crippen molar-refractivity contribution in [3.63, 3.8) is 0 Å². The van der Waals surface area contributed by atoms with Crippen molar-refractivity contribution in [3.05, 3.63) is 65.7 Å². The number of carbonyl (C=O) groups excluding carboxylic acids is 1. The molecule has 8 heteroatoms. The second-order valence-electron chi connectivity index (χ2n) is 9.21. The predicted molar refractivity (Wildman–Crippen MR) is 130 cm³/mol. The first kappa shape index (κ1) is 22.3. The summed E-state index contributed by atoms with van der Waals surface area (Å²) in [5, 5.41) is 10.8. The van der Waals surface area contributed by atoms with E-state index >= 15 is 0 Å². The van der Waals surface area contributed by atoms with Crippen LogP contribution in [0.5, 0.6) is 0 Å². The van der Waals surface area contributed by atoms with E-state index in [0.717, 1.165) is 50.5 Å². The average Bonchev–Trinajstić information content (AvgIpc) is 2.86. The molecule has 1 amide bonds. The van der Waals surface area contributed by atoms with Crippen molar-refractivity contribution in [3.8, 4) is 0 Å². The molecule has 4 unspecified atom stereocenters. The van der Waals surface area contributed by atoms with Crippen molar-refractivity contribution in [2.45, 2.75) is 31.8 Å². The van der Waals surface area contributed by atoms with Crippen LogP contribution in [-0.2, 0) is 11.3 Å². The molecule has 0 spiro atoms. The molecule has 3 fully saturated rings. The van der Waals surface area contributed by atoms with Crippen molar-refractivity contribution in [1.29, 1.82) is 0 Å². The zero-order valence-corrected chi connectivity index (χ0v) is 19.3. The summed E-state index contributed by atoms with van der Waals surface area (Å²) in [5.41, 5.74) is 9.31. The SMILES string of the molecule is CCN1CCN(Cc2ccc(NC3NC(c4ccccc4)NC4CNNC(=O)C43)cc2)CC1. The zero-order valence-electron chi connectivity index (χ0n) is 19.3. The fourth-order valence-electron chi connectivity index (χ4n) is 5.11.